The fourth-order valence-corrected chi connectivity index (χ4v) is 5.00. The van der Waals surface area contributed by atoms with Crippen molar-refractivity contribution in [2.24, 2.45) is 0 Å². The van der Waals surface area contributed by atoms with Crippen molar-refractivity contribution in [3.8, 4) is 5.75 Å². The molecule has 8 nitrogen and oxygen atoms in total. The van der Waals surface area contributed by atoms with E-state index in [4.69, 9.17) is 4.74 Å². The zero-order chi connectivity index (χ0) is 26.7. The number of amides is 2. The molecule has 0 radical (unpaired) electrons. The average molecular weight is 518 g/mol. The van der Waals surface area contributed by atoms with Crippen LogP contribution in [0.3, 0.4) is 0 Å². The fraction of sp³-hybridized carbons (Fsp3) is 0.481. The number of methoxy groups -OCH3 is 1. The van der Waals surface area contributed by atoms with Gasteiger partial charge in [0.25, 0.3) is 0 Å². The van der Waals surface area contributed by atoms with E-state index < -0.39 is 16.1 Å². The maximum atomic E-state index is 13.4. The minimum absolute atomic E-state index is 0.0381. The van der Waals surface area contributed by atoms with E-state index in [2.05, 4.69) is 5.32 Å². The molecule has 1 N–H and O–H groups in total. The Kier molecular flexibility index (Phi) is 11.2. The number of anilines is 1. The summed E-state index contributed by atoms with van der Waals surface area (Å²) in [5, 5.41) is 2.92. The minimum Gasteiger partial charge on any atom is -0.497 e. The predicted molar refractivity (Wildman–Crippen MR) is 144 cm³/mol. The van der Waals surface area contributed by atoms with Crippen molar-refractivity contribution in [1.29, 1.82) is 0 Å². The van der Waals surface area contributed by atoms with Gasteiger partial charge in [-0.25, -0.2) is 8.42 Å². The van der Waals surface area contributed by atoms with Crippen LogP contribution in [0.2, 0.25) is 0 Å². The van der Waals surface area contributed by atoms with Crippen LogP contribution in [0, 0.1) is 0 Å². The van der Waals surface area contributed by atoms with E-state index in [9.17, 15) is 18.0 Å². The molecule has 2 amide bonds. The first kappa shape index (κ1) is 29.2. The topological polar surface area (TPSA) is 96.0 Å². The summed E-state index contributed by atoms with van der Waals surface area (Å²) in [6.45, 7) is 6.21. The molecule has 2 aromatic carbocycles. The maximum absolute atomic E-state index is 13.4. The summed E-state index contributed by atoms with van der Waals surface area (Å²) in [5.74, 6) is 0.199. The van der Waals surface area contributed by atoms with Crippen LogP contribution in [0.15, 0.2) is 54.6 Å². The van der Waals surface area contributed by atoms with Crippen molar-refractivity contribution in [1.82, 2.24) is 10.2 Å². The van der Waals surface area contributed by atoms with E-state index in [-0.39, 0.29) is 30.8 Å². The lowest BCUT2D eigenvalue weighted by Crippen LogP contribution is -2.51. The molecule has 0 saturated heterocycles. The Morgan fingerprint density at radius 1 is 1.03 bits per heavy atom. The van der Waals surface area contributed by atoms with Gasteiger partial charge in [-0.05, 0) is 50.8 Å². The molecule has 2 aromatic rings. The minimum atomic E-state index is -3.57. The Morgan fingerprint density at radius 2 is 1.72 bits per heavy atom. The van der Waals surface area contributed by atoms with Gasteiger partial charge in [0.1, 0.15) is 11.8 Å². The van der Waals surface area contributed by atoms with Crippen molar-refractivity contribution in [2.45, 2.75) is 58.5 Å². The van der Waals surface area contributed by atoms with Gasteiger partial charge >= 0.3 is 0 Å². The number of carbonyl (C=O) groups excluding carboxylic acids is 2. The highest BCUT2D eigenvalue weighted by atomic mass is 32.2. The normalized spacial score (nSPS) is 12.2. The molecule has 0 bridgehead atoms. The van der Waals surface area contributed by atoms with E-state index in [1.165, 1.54) is 11.4 Å². The molecule has 2 rings (SSSR count). The van der Waals surface area contributed by atoms with Gasteiger partial charge in [-0.1, -0.05) is 43.3 Å². The van der Waals surface area contributed by atoms with Gasteiger partial charge in [-0.2, -0.15) is 0 Å². The standard InChI is InChI=1S/C27H39N3O5S/c1-6-25(27(32)28-21(2)3)29(19-17-22-12-8-7-9-13-22)26(31)16-11-18-30(36(5,33)34)23-14-10-15-24(20-23)35-4/h7-10,12-15,20-21,25H,6,11,16-19H2,1-5H3,(H,28,32)/t25-/m1/s1. The molecule has 9 heteroatoms. The molecule has 0 heterocycles. The molecular formula is C27H39N3O5S. The van der Waals surface area contributed by atoms with Crippen molar-refractivity contribution in [3.05, 3.63) is 60.2 Å². The molecule has 36 heavy (non-hydrogen) atoms. The van der Waals surface area contributed by atoms with Gasteiger partial charge in [-0.15, -0.1) is 0 Å². The molecule has 0 aliphatic rings. The van der Waals surface area contributed by atoms with E-state index in [1.54, 1.807) is 29.2 Å². The first-order valence-electron chi connectivity index (χ1n) is 12.3. The molecule has 0 saturated carbocycles. The van der Waals surface area contributed by atoms with E-state index in [0.29, 0.717) is 37.2 Å². The number of carbonyl (C=O) groups is 2. The van der Waals surface area contributed by atoms with Crippen LogP contribution in [0.4, 0.5) is 5.69 Å². The molecule has 0 aliphatic carbocycles. The number of ether oxygens (including phenoxy) is 1. The number of nitrogens with zero attached hydrogens (tertiary/aromatic N) is 2. The fourth-order valence-electron chi connectivity index (χ4n) is 4.05. The zero-order valence-corrected chi connectivity index (χ0v) is 22.8. The Balaban J connectivity index is 2.16. The van der Waals surface area contributed by atoms with Crippen molar-refractivity contribution < 1.29 is 22.7 Å². The number of sulfonamides is 1. The Labute approximate surface area is 215 Å². The van der Waals surface area contributed by atoms with Crippen molar-refractivity contribution in [3.63, 3.8) is 0 Å². The predicted octanol–water partition coefficient (Wildman–Crippen LogP) is 3.62. The summed E-state index contributed by atoms with van der Waals surface area (Å²) in [6.07, 6.45) is 2.68. The first-order chi connectivity index (χ1) is 17.1. The second-order valence-electron chi connectivity index (χ2n) is 9.05. The highest BCUT2D eigenvalue weighted by molar-refractivity contribution is 7.92. The highest BCUT2D eigenvalue weighted by Gasteiger charge is 2.28. The number of hydrogen-bond donors (Lipinski definition) is 1. The average Bonchev–Trinajstić information content (AvgIpc) is 2.83. The molecule has 1 atom stereocenters. The van der Waals surface area contributed by atoms with Gasteiger partial charge in [-0.3, -0.25) is 13.9 Å². The quantitative estimate of drug-likeness (QED) is 0.413. The van der Waals surface area contributed by atoms with Crippen molar-refractivity contribution >= 4 is 27.5 Å². The lowest BCUT2D eigenvalue weighted by molar-refractivity contribution is -0.141. The largest absolute Gasteiger partial charge is 0.497 e. The smallest absolute Gasteiger partial charge is 0.242 e. The molecule has 198 valence electrons. The van der Waals surface area contributed by atoms with Crippen LogP contribution >= 0.6 is 0 Å². The van der Waals surface area contributed by atoms with Gasteiger partial charge in [0.05, 0.1) is 19.1 Å². The third kappa shape index (κ3) is 8.86. The molecule has 0 fully saturated rings. The summed E-state index contributed by atoms with van der Waals surface area (Å²) in [6, 6.07) is 16.0. The van der Waals surface area contributed by atoms with Gasteiger partial charge < -0.3 is 15.0 Å². The number of rotatable bonds is 14. The van der Waals surface area contributed by atoms with Crippen LogP contribution in [0.25, 0.3) is 0 Å². The summed E-state index contributed by atoms with van der Waals surface area (Å²) in [5.41, 5.74) is 1.56. The molecule has 0 aromatic heterocycles. The summed E-state index contributed by atoms with van der Waals surface area (Å²) in [7, 11) is -2.05. The molecular weight excluding hydrogens is 478 g/mol. The van der Waals surface area contributed by atoms with Gasteiger partial charge in [0.15, 0.2) is 0 Å². The second-order valence-corrected chi connectivity index (χ2v) is 11.0. The van der Waals surface area contributed by atoms with Crippen LogP contribution in [-0.2, 0) is 26.0 Å². The van der Waals surface area contributed by atoms with Crippen LogP contribution < -0.4 is 14.4 Å². The summed E-state index contributed by atoms with van der Waals surface area (Å²) < 4.78 is 31.5. The Hall–Kier alpha value is -3.07. The van der Waals surface area contributed by atoms with Crippen LogP contribution in [0.5, 0.6) is 5.75 Å². The summed E-state index contributed by atoms with van der Waals surface area (Å²) in [4.78, 5) is 27.9. The van der Waals surface area contributed by atoms with Crippen molar-refractivity contribution in [2.75, 3.05) is 30.8 Å². The van der Waals surface area contributed by atoms with E-state index in [1.807, 2.05) is 51.1 Å². The van der Waals surface area contributed by atoms with Gasteiger partial charge in [0, 0.05) is 31.6 Å². The molecule has 0 aliphatic heterocycles. The lowest BCUT2D eigenvalue weighted by Gasteiger charge is -2.31. The number of hydrogen-bond acceptors (Lipinski definition) is 5. The van der Waals surface area contributed by atoms with E-state index >= 15 is 0 Å². The number of benzene rings is 2. The van der Waals surface area contributed by atoms with Gasteiger partial charge in [0.2, 0.25) is 21.8 Å². The second kappa shape index (κ2) is 13.9. The first-order valence-corrected chi connectivity index (χ1v) is 14.2. The summed E-state index contributed by atoms with van der Waals surface area (Å²) >= 11 is 0. The SMILES string of the molecule is CC[C@H](C(=O)NC(C)C)N(CCc1ccccc1)C(=O)CCCN(c1cccc(OC)c1)S(C)(=O)=O. The third-order valence-corrected chi connectivity index (χ3v) is 6.99. The van der Waals surface area contributed by atoms with Crippen LogP contribution in [0.1, 0.15) is 45.6 Å². The number of nitrogens with one attached hydrogen (secondary N) is 1. The monoisotopic (exact) mass is 517 g/mol. The Morgan fingerprint density at radius 3 is 2.31 bits per heavy atom. The zero-order valence-electron chi connectivity index (χ0n) is 21.9. The third-order valence-electron chi connectivity index (χ3n) is 5.79. The highest BCUT2D eigenvalue weighted by Crippen LogP contribution is 2.23. The maximum Gasteiger partial charge on any atom is 0.242 e. The van der Waals surface area contributed by atoms with E-state index in [0.717, 1.165) is 11.8 Å². The molecule has 0 unspecified atom stereocenters. The lowest BCUT2D eigenvalue weighted by atomic mass is 10.1. The van der Waals surface area contributed by atoms with Crippen LogP contribution in [-0.4, -0.2) is 63.7 Å². The Bertz CT molecular complexity index is 1090. The molecule has 0 spiro atoms.